The van der Waals surface area contributed by atoms with Crippen molar-refractivity contribution in [3.05, 3.63) is 107 Å². The molecule has 5 aliphatic rings. The van der Waals surface area contributed by atoms with Gasteiger partial charge in [-0.1, -0.05) is 82.7 Å². The summed E-state index contributed by atoms with van der Waals surface area (Å²) in [5.41, 5.74) is 11.7. The molecule has 0 N–H and O–H groups in total. The van der Waals surface area contributed by atoms with Gasteiger partial charge in [-0.15, -0.1) is 0 Å². The highest BCUT2D eigenvalue weighted by molar-refractivity contribution is 9.10. The van der Waals surface area contributed by atoms with Gasteiger partial charge in [0.2, 0.25) is 0 Å². The fourth-order valence-electron chi connectivity index (χ4n) is 8.88. The van der Waals surface area contributed by atoms with Crippen molar-refractivity contribution in [2.45, 2.75) is 37.5 Å². The van der Waals surface area contributed by atoms with Crippen LogP contribution in [0.1, 0.15) is 43.2 Å². The molecule has 4 aromatic rings. The molecule has 0 aliphatic heterocycles. The zero-order chi connectivity index (χ0) is 23.1. The number of hydrogen-bond acceptors (Lipinski definition) is 0. The van der Waals surface area contributed by atoms with Gasteiger partial charge in [-0.2, -0.15) is 0 Å². The molecule has 5 aliphatic carbocycles. The van der Waals surface area contributed by atoms with E-state index in [0.717, 1.165) is 28.1 Å². The largest absolute Gasteiger partial charge is 0.0619 e. The van der Waals surface area contributed by atoms with E-state index in [9.17, 15) is 0 Å². The number of halogens is 1. The average molecular weight is 518 g/mol. The summed E-state index contributed by atoms with van der Waals surface area (Å²) in [6.45, 7) is 0. The molecule has 1 spiro atoms. The standard InChI is InChI=1S/C34H29Br/c35-29-8-4-7-25(19-29)23-5-3-6-24(18-23)26-11-12-31-30-9-1-2-10-32(30)34(33(31)20-26)27-14-21-13-22(16-27)17-28(34)15-21/h1-12,18-22,27-28H,13-17H2. The molecule has 0 nitrogen and oxygen atoms in total. The van der Waals surface area contributed by atoms with Gasteiger partial charge in [-0.25, -0.2) is 0 Å². The first-order chi connectivity index (χ1) is 17.2. The van der Waals surface area contributed by atoms with Crippen LogP contribution in [-0.2, 0) is 5.41 Å². The van der Waals surface area contributed by atoms with Gasteiger partial charge >= 0.3 is 0 Å². The highest BCUT2D eigenvalue weighted by atomic mass is 79.9. The van der Waals surface area contributed by atoms with Crippen LogP contribution in [-0.4, -0.2) is 0 Å². The number of hydrogen-bond donors (Lipinski definition) is 0. The van der Waals surface area contributed by atoms with Gasteiger partial charge in [0.25, 0.3) is 0 Å². The van der Waals surface area contributed by atoms with Gasteiger partial charge < -0.3 is 0 Å². The Balaban J connectivity index is 1.30. The van der Waals surface area contributed by atoms with Crippen molar-refractivity contribution in [2.75, 3.05) is 0 Å². The van der Waals surface area contributed by atoms with E-state index in [1.165, 1.54) is 65.5 Å². The van der Waals surface area contributed by atoms with Crippen molar-refractivity contribution in [2.24, 2.45) is 23.7 Å². The average Bonchev–Trinajstić information content (AvgIpc) is 3.17. The maximum atomic E-state index is 3.64. The molecule has 0 aromatic heterocycles. The van der Waals surface area contributed by atoms with E-state index in [1.54, 1.807) is 11.1 Å². The summed E-state index contributed by atoms with van der Waals surface area (Å²) >= 11 is 3.64. The number of rotatable bonds is 2. The molecule has 0 heterocycles. The molecule has 4 fully saturated rings. The molecule has 0 radical (unpaired) electrons. The third kappa shape index (κ3) is 2.85. The van der Waals surface area contributed by atoms with Crippen LogP contribution in [0.3, 0.4) is 0 Å². The monoisotopic (exact) mass is 516 g/mol. The Morgan fingerprint density at radius 1 is 0.514 bits per heavy atom. The third-order valence-electron chi connectivity index (χ3n) is 9.91. The summed E-state index contributed by atoms with van der Waals surface area (Å²) in [7, 11) is 0. The van der Waals surface area contributed by atoms with E-state index in [2.05, 4.69) is 107 Å². The number of fused-ring (bicyclic) bond motifs is 3. The second-order valence-corrected chi connectivity index (χ2v) is 12.5. The van der Waals surface area contributed by atoms with Gasteiger partial charge in [0.05, 0.1) is 0 Å². The van der Waals surface area contributed by atoms with E-state index in [4.69, 9.17) is 0 Å². The van der Waals surface area contributed by atoms with Gasteiger partial charge in [-0.3, -0.25) is 0 Å². The molecule has 1 heteroatoms. The van der Waals surface area contributed by atoms with Crippen LogP contribution in [0.15, 0.2) is 95.5 Å². The molecule has 4 bridgehead atoms. The Labute approximate surface area is 216 Å². The van der Waals surface area contributed by atoms with Crippen molar-refractivity contribution >= 4 is 15.9 Å². The SMILES string of the molecule is Brc1cccc(-c2cccc(-c3ccc4c(c3)C3(c5ccccc5-4)C4CC5CC(C4)CC3C5)c2)c1. The summed E-state index contributed by atoms with van der Waals surface area (Å²) in [5.74, 6) is 3.57. The van der Waals surface area contributed by atoms with Crippen LogP contribution in [0.5, 0.6) is 0 Å². The van der Waals surface area contributed by atoms with Gasteiger partial charge in [-0.05, 0) is 125 Å². The van der Waals surface area contributed by atoms with Crippen LogP contribution in [0.2, 0.25) is 0 Å². The van der Waals surface area contributed by atoms with Crippen LogP contribution in [0.25, 0.3) is 33.4 Å². The van der Waals surface area contributed by atoms with E-state index in [0.29, 0.717) is 0 Å². The second kappa shape index (κ2) is 7.43. The van der Waals surface area contributed by atoms with Gasteiger partial charge in [0, 0.05) is 9.89 Å². The smallest absolute Gasteiger partial charge is 0.0272 e. The van der Waals surface area contributed by atoms with E-state index < -0.39 is 0 Å². The Kier molecular flexibility index (Phi) is 4.36. The second-order valence-electron chi connectivity index (χ2n) is 11.6. The lowest BCUT2D eigenvalue weighted by atomic mass is 9.43. The normalized spacial score (nSPS) is 29.4. The van der Waals surface area contributed by atoms with E-state index in [-0.39, 0.29) is 5.41 Å². The Bertz CT molecular complexity index is 1450. The molecule has 35 heavy (non-hydrogen) atoms. The summed E-state index contributed by atoms with van der Waals surface area (Å²) in [6.07, 6.45) is 7.24. The summed E-state index contributed by atoms with van der Waals surface area (Å²) < 4.78 is 1.12. The summed E-state index contributed by atoms with van der Waals surface area (Å²) in [4.78, 5) is 0. The fourth-order valence-corrected chi connectivity index (χ4v) is 9.28. The van der Waals surface area contributed by atoms with E-state index >= 15 is 0 Å². The zero-order valence-electron chi connectivity index (χ0n) is 19.9. The Morgan fingerprint density at radius 2 is 1.11 bits per heavy atom. The lowest BCUT2D eigenvalue weighted by Gasteiger charge is -2.61. The molecular weight excluding hydrogens is 488 g/mol. The molecule has 0 saturated heterocycles. The molecule has 4 aromatic carbocycles. The minimum atomic E-state index is 0.233. The highest BCUT2D eigenvalue weighted by Gasteiger charge is 2.61. The minimum Gasteiger partial charge on any atom is -0.0619 e. The highest BCUT2D eigenvalue weighted by Crippen LogP contribution is 2.69. The summed E-state index contributed by atoms with van der Waals surface area (Å²) in [5, 5.41) is 0. The predicted octanol–water partition coefficient (Wildman–Crippen LogP) is 9.51. The van der Waals surface area contributed by atoms with Gasteiger partial charge in [0.1, 0.15) is 0 Å². The summed E-state index contributed by atoms with van der Waals surface area (Å²) in [6, 6.07) is 34.5. The molecule has 0 atom stereocenters. The van der Waals surface area contributed by atoms with E-state index in [1.807, 2.05) is 0 Å². The topological polar surface area (TPSA) is 0 Å². The predicted molar refractivity (Wildman–Crippen MR) is 148 cm³/mol. The fraction of sp³-hybridized carbons (Fsp3) is 0.294. The lowest BCUT2D eigenvalue weighted by Crippen LogP contribution is -2.55. The molecule has 4 saturated carbocycles. The van der Waals surface area contributed by atoms with Crippen molar-refractivity contribution in [1.29, 1.82) is 0 Å². The van der Waals surface area contributed by atoms with Crippen molar-refractivity contribution in [1.82, 2.24) is 0 Å². The van der Waals surface area contributed by atoms with Crippen LogP contribution < -0.4 is 0 Å². The van der Waals surface area contributed by atoms with Crippen molar-refractivity contribution in [3.8, 4) is 33.4 Å². The number of benzene rings is 4. The molecule has 9 rings (SSSR count). The molecular formula is C34H29Br. The van der Waals surface area contributed by atoms with Crippen LogP contribution in [0, 0.1) is 23.7 Å². The first kappa shape index (κ1) is 20.5. The first-order valence-corrected chi connectivity index (χ1v) is 14.1. The van der Waals surface area contributed by atoms with Crippen LogP contribution in [0.4, 0.5) is 0 Å². The van der Waals surface area contributed by atoms with Crippen molar-refractivity contribution in [3.63, 3.8) is 0 Å². The van der Waals surface area contributed by atoms with Crippen molar-refractivity contribution < 1.29 is 0 Å². The maximum Gasteiger partial charge on any atom is 0.0272 e. The Hall–Kier alpha value is -2.64. The minimum absolute atomic E-state index is 0.233. The lowest BCUT2D eigenvalue weighted by molar-refractivity contribution is -0.0399. The zero-order valence-corrected chi connectivity index (χ0v) is 21.5. The van der Waals surface area contributed by atoms with Crippen LogP contribution >= 0.6 is 15.9 Å². The quantitative estimate of drug-likeness (QED) is 0.248. The molecule has 0 unspecified atom stereocenters. The Morgan fingerprint density at radius 3 is 1.83 bits per heavy atom. The molecule has 172 valence electrons. The first-order valence-electron chi connectivity index (χ1n) is 13.3. The third-order valence-corrected chi connectivity index (χ3v) is 10.4. The van der Waals surface area contributed by atoms with Gasteiger partial charge in [0.15, 0.2) is 0 Å². The molecule has 0 amide bonds. The maximum absolute atomic E-state index is 3.64.